The number of amides is 1. The van der Waals surface area contributed by atoms with E-state index in [0.29, 0.717) is 11.1 Å². The molecule has 15 heavy (non-hydrogen) atoms. The van der Waals surface area contributed by atoms with Crippen LogP contribution in [0.5, 0.6) is 0 Å². The Kier molecular flexibility index (Phi) is 4.37. The number of rotatable bonds is 4. The highest BCUT2D eigenvalue weighted by Gasteiger charge is 2.14. The van der Waals surface area contributed by atoms with E-state index in [0.717, 1.165) is 6.42 Å². The first-order valence-electron chi connectivity index (χ1n) is 4.63. The summed E-state index contributed by atoms with van der Waals surface area (Å²) in [6, 6.07) is 4.76. The maximum atomic E-state index is 11.5. The third-order valence-corrected chi connectivity index (χ3v) is 2.26. The number of nitrogens with one attached hydrogen (secondary N) is 1. The van der Waals surface area contributed by atoms with Gasteiger partial charge in [0, 0.05) is 0 Å². The topological polar surface area (TPSA) is 66.0 Å². The molecule has 0 unspecified atom stereocenters. The Morgan fingerprint density at radius 3 is 2.93 bits per heavy atom. The molecule has 0 spiro atoms. The van der Waals surface area contributed by atoms with Crippen LogP contribution in [0.2, 0.25) is 0 Å². The zero-order valence-electron chi connectivity index (χ0n) is 8.29. The molecule has 0 aromatic carbocycles. The summed E-state index contributed by atoms with van der Waals surface area (Å²) >= 11 is 3.10. The lowest BCUT2D eigenvalue weighted by Crippen LogP contribution is -2.33. The van der Waals surface area contributed by atoms with Gasteiger partial charge in [-0.15, -0.1) is 0 Å². The number of hydrogen-bond acceptors (Lipinski definition) is 3. The Hall–Kier alpha value is -1.28. The van der Waals surface area contributed by atoms with E-state index in [4.69, 9.17) is 9.68 Å². The summed E-state index contributed by atoms with van der Waals surface area (Å²) in [5.41, 5.74) is 0. The molecule has 5 heteroatoms. The summed E-state index contributed by atoms with van der Waals surface area (Å²) in [7, 11) is 0. The molecule has 1 atom stereocenters. The van der Waals surface area contributed by atoms with Gasteiger partial charge in [0.05, 0.1) is 6.07 Å². The van der Waals surface area contributed by atoms with E-state index in [1.54, 1.807) is 12.1 Å². The quantitative estimate of drug-likeness (QED) is 0.914. The van der Waals surface area contributed by atoms with Crippen molar-refractivity contribution in [3.05, 3.63) is 22.6 Å². The van der Waals surface area contributed by atoms with Crippen LogP contribution < -0.4 is 5.32 Å². The Bertz CT molecular complexity index is 381. The van der Waals surface area contributed by atoms with E-state index in [1.165, 1.54) is 0 Å². The SMILES string of the molecule is CCC[C@H](C#N)NC(=O)c1ccc(Br)o1. The summed E-state index contributed by atoms with van der Waals surface area (Å²) in [6.07, 6.45) is 1.49. The Balaban J connectivity index is 2.59. The number of hydrogen-bond donors (Lipinski definition) is 1. The number of furan rings is 1. The van der Waals surface area contributed by atoms with Crippen LogP contribution in [0.25, 0.3) is 0 Å². The number of carbonyl (C=O) groups excluding carboxylic acids is 1. The minimum atomic E-state index is -0.452. The van der Waals surface area contributed by atoms with E-state index in [-0.39, 0.29) is 11.7 Å². The lowest BCUT2D eigenvalue weighted by atomic mass is 10.2. The third kappa shape index (κ3) is 3.40. The summed E-state index contributed by atoms with van der Waals surface area (Å²) < 4.78 is 5.56. The molecule has 0 fully saturated rings. The molecule has 0 saturated heterocycles. The highest BCUT2D eigenvalue weighted by atomic mass is 79.9. The first-order chi connectivity index (χ1) is 7.17. The Labute approximate surface area is 96.4 Å². The molecule has 1 N–H and O–H groups in total. The molecule has 0 aliphatic rings. The molecular weight excluding hydrogens is 260 g/mol. The van der Waals surface area contributed by atoms with Gasteiger partial charge in [-0.1, -0.05) is 13.3 Å². The van der Waals surface area contributed by atoms with Crippen molar-refractivity contribution in [1.29, 1.82) is 5.26 Å². The lowest BCUT2D eigenvalue weighted by molar-refractivity contribution is 0.0914. The summed E-state index contributed by atoms with van der Waals surface area (Å²) in [5, 5.41) is 11.3. The highest BCUT2D eigenvalue weighted by molar-refractivity contribution is 9.10. The average Bonchev–Trinajstić information content (AvgIpc) is 2.64. The second-order valence-electron chi connectivity index (χ2n) is 3.05. The molecule has 0 saturated carbocycles. The van der Waals surface area contributed by atoms with Crippen molar-refractivity contribution >= 4 is 21.8 Å². The van der Waals surface area contributed by atoms with Gasteiger partial charge in [0.2, 0.25) is 0 Å². The average molecular weight is 271 g/mol. The zero-order valence-corrected chi connectivity index (χ0v) is 9.87. The van der Waals surface area contributed by atoms with Gasteiger partial charge < -0.3 is 9.73 Å². The molecule has 0 radical (unpaired) electrons. The maximum absolute atomic E-state index is 11.5. The lowest BCUT2D eigenvalue weighted by Gasteiger charge is -2.08. The van der Waals surface area contributed by atoms with Gasteiger partial charge in [0.1, 0.15) is 6.04 Å². The summed E-state index contributed by atoms with van der Waals surface area (Å²) in [6.45, 7) is 1.96. The maximum Gasteiger partial charge on any atom is 0.288 e. The van der Waals surface area contributed by atoms with E-state index in [2.05, 4.69) is 21.2 Å². The van der Waals surface area contributed by atoms with Crippen LogP contribution in [0.15, 0.2) is 21.2 Å². The molecule has 0 bridgehead atoms. The molecule has 80 valence electrons. The fourth-order valence-corrected chi connectivity index (χ4v) is 1.43. The molecule has 4 nitrogen and oxygen atoms in total. The first kappa shape index (κ1) is 11.8. The fraction of sp³-hybridized carbons (Fsp3) is 0.400. The molecule has 0 aliphatic heterocycles. The van der Waals surface area contributed by atoms with Crippen molar-refractivity contribution < 1.29 is 9.21 Å². The molecular formula is C10H11BrN2O2. The van der Waals surface area contributed by atoms with E-state index in [9.17, 15) is 4.79 Å². The van der Waals surface area contributed by atoms with Gasteiger partial charge >= 0.3 is 0 Å². The largest absolute Gasteiger partial charge is 0.444 e. The number of carbonyl (C=O) groups is 1. The minimum absolute atomic E-state index is 0.207. The van der Waals surface area contributed by atoms with E-state index >= 15 is 0 Å². The van der Waals surface area contributed by atoms with E-state index in [1.807, 2.05) is 13.0 Å². The van der Waals surface area contributed by atoms with Crippen LogP contribution in [0.4, 0.5) is 0 Å². The zero-order chi connectivity index (χ0) is 11.3. The van der Waals surface area contributed by atoms with Crippen molar-refractivity contribution in [3.63, 3.8) is 0 Å². The van der Waals surface area contributed by atoms with Crippen LogP contribution in [-0.4, -0.2) is 11.9 Å². The van der Waals surface area contributed by atoms with E-state index < -0.39 is 6.04 Å². The predicted octanol–water partition coefficient (Wildman–Crippen LogP) is 2.46. The van der Waals surface area contributed by atoms with Gasteiger partial charge in [-0.3, -0.25) is 4.79 Å². The second kappa shape index (κ2) is 5.56. The number of nitriles is 1. The van der Waals surface area contributed by atoms with Gasteiger partial charge in [-0.25, -0.2) is 0 Å². The fourth-order valence-electron chi connectivity index (χ4n) is 1.12. The van der Waals surface area contributed by atoms with Crippen molar-refractivity contribution in [2.45, 2.75) is 25.8 Å². The van der Waals surface area contributed by atoms with Gasteiger partial charge in [-0.2, -0.15) is 5.26 Å². The second-order valence-corrected chi connectivity index (χ2v) is 3.83. The van der Waals surface area contributed by atoms with Crippen LogP contribution in [0, 0.1) is 11.3 Å². The Morgan fingerprint density at radius 2 is 2.47 bits per heavy atom. The third-order valence-electron chi connectivity index (χ3n) is 1.84. The van der Waals surface area contributed by atoms with Crippen LogP contribution in [0.3, 0.4) is 0 Å². The first-order valence-corrected chi connectivity index (χ1v) is 5.42. The molecule has 1 rings (SSSR count). The monoisotopic (exact) mass is 270 g/mol. The van der Waals surface area contributed by atoms with Crippen molar-refractivity contribution in [3.8, 4) is 6.07 Å². The van der Waals surface area contributed by atoms with Crippen LogP contribution in [0.1, 0.15) is 30.3 Å². The summed E-state index contributed by atoms with van der Waals surface area (Å²) in [4.78, 5) is 11.5. The smallest absolute Gasteiger partial charge is 0.288 e. The molecule has 1 amide bonds. The molecule has 1 heterocycles. The molecule has 1 aromatic rings. The Morgan fingerprint density at radius 1 is 1.73 bits per heavy atom. The normalized spacial score (nSPS) is 11.8. The predicted molar refractivity (Wildman–Crippen MR) is 58.2 cm³/mol. The van der Waals surface area contributed by atoms with Gasteiger partial charge in [-0.05, 0) is 34.5 Å². The number of halogens is 1. The van der Waals surface area contributed by atoms with Crippen molar-refractivity contribution in [2.24, 2.45) is 0 Å². The van der Waals surface area contributed by atoms with Crippen LogP contribution in [-0.2, 0) is 0 Å². The summed E-state index contributed by atoms with van der Waals surface area (Å²) in [5.74, 6) is -0.154. The minimum Gasteiger partial charge on any atom is -0.444 e. The van der Waals surface area contributed by atoms with Crippen LogP contribution >= 0.6 is 15.9 Å². The standard InChI is InChI=1S/C10H11BrN2O2/c1-2-3-7(6-12)13-10(14)8-4-5-9(11)15-8/h4-5,7H,2-3H2,1H3,(H,13,14)/t7-/m1/s1. The van der Waals surface area contributed by atoms with Gasteiger partial charge in [0.25, 0.3) is 5.91 Å². The number of nitrogens with zero attached hydrogens (tertiary/aromatic N) is 1. The van der Waals surface area contributed by atoms with Crippen molar-refractivity contribution in [2.75, 3.05) is 0 Å². The molecule has 1 aromatic heterocycles. The van der Waals surface area contributed by atoms with Crippen molar-refractivity contribution in [1.82, 2.24) is 5.32 Å². The van der Waals surface area contributed by atoms with Gasteiger partial charge in [0.15, 0.2) is 10.4 Å². The highest BCUT2D eigenvalue weighted by Crippen LogP contribution is 2.14. The molecule has 0 aliphatic carbocycles.